The number of piperidine rings is 1. The number of fused-ring (bicyclic) bond motifs is 1. The number of halogens is 2. The highest BCUT2D eigenvalue weighted by Gasteiger charge is 2.57. The summed E-state index contributed by atoms with van der Waals surface area (Å²) in [5.41, 5.74) is 0. The average Bonchev–Trinajstić information content (AvgIpc) is 2.92. The molecule has 1 aliphatic heterocycles. The number of carboxylic acid groups (broad SMARTS) is 1. The lowest BCUT2D eigenvalue weighted by molar-refractivity contribution is -0.123. The van der Waals surface area contributed by atoms with E-state index in [2.05, 4.69) is 5.32 Å². The molecule has 3 atom stereocenters. The first-order chi connectivity index (χ1) is 10.5. The van der Waals surface area contributed by atoms with Gasteiger partial charge in [-0.3, -0.25) is 4.79 Å². The molecule has 2 amide bonds. The highest BCUT2D eigenvalue weighted by atomic mass is 35.5. The van der Waals surface area contributed by atoms with E-state index in [9.17, 15) is 14.0 Å². The van der Waals surface area contributed by atoms with E-state index in [0.717, 1.165) is 6.07 Å². The number of rotatable bonds is 4. The number of benzene rings is 1. The van der Waals surface area contributed by atoms with E-state index < -0.39 is 11.9 Å². The third-order valence-electron chi connectivity index (χ3n) is 4.05. The van der Waals surface area contributed by atoms with Crippen LogP contribution in [0.4, 0.5) is 9.18 Å². The van der Waals surface area contributed by atoms with Crippen LogP contribution in [0.2, 0.25) is 5.02 Å². The van der Waals surface area contributed by atoms with Crippen LogP contribution in [-0.4, -0.2) is 47.7 Å². The Morgan fingerprint density at radius 3 is 2.68 bits per heavy atom. The van der Waals surface area contributed by atoms with Crippen molar-refractivity contribution in [3.8, 4) is 5.75 Å². The van der Waals surface area contributed by atoms with Crippen LogP contribution < -0.4 is 10.1 Å². The van der Waals surface area contributed by atoms with Gasteiger partial charge in [0.1, 0.15) is 11.6 Å². The molecule has 0 spiro atoms. The van der Waals surface area contributed by atoms with Crippen LogP contribution >= 0.6 is 11.6 Å². The van der Waals surface area contributed by atoms with Gasteiger partial charge in [0.05, 0.1) is 5.02 Å². The molecular formula is C14H14ClFN2O4. The summed E-state index contributed by atoms with van der Waals surface area (Å²) < 4.78 is 18.4. The summed E-state index contributed by atoms with van der Waals surface area (Å²) in [7, 11) is 0. The minimum atomic E-state index is -0.926. The Labute approximate surface area is 130 Å². The molecule has 8 heteroatoms. The van der Waals surface area contributed by atoms with Crippen LogP contribution in [0.1, 0.15) is 0 Å². The first-order valence-corrected chi connectivity index (χ1v) is 7.18. The second kappa shape index (κ2) is 5.64. The fourth-order valence-corrected chi connectivity index (χ4v) is 2.96. The number of nitrogens with zero attached hydrogens (tertiary/aromatic N) is 1. The molecule has 2 N–H and O–H groups in total. The van der Waals surface area contributed by atoms with Gasteiger partial charge in [-0.15, -0.1) is 0 Å². The average molecular weight is 329 g/mol. The molecule has 3 rings (SSSR count). The van der Waals surface area contributed by atoms with Crippen LogP contribution in [0.15, 0.2) is 18.2 Å². The lowest BCUT2D eigenvalue weighted by Crippen LogP contribution is -2.38. The topological polar surface area (TPSA) is 78.9 Å². The van der Waals surface area contributed by atoms with Gasteiger partial charge in [-0.25, -0.2) is 9.18 Å². The molecule has 1 unspecified atom stereocenters. The molecule has 2 fully saturated rings. The molecule has 2 aliphatic rings. The monoisotopic (exact) mass is 328 g/mol. The number of amides is 2. The van der Waals surface area contributed by atoms with Crippen molar-refractivity contribution in [3.05, 3.63) is 29.0 Å². The molecule has 1 saturated heterocycles. The van der Waals surface area contributed by atoms with Gasteiger partial charge in [0.15, 0.2) is 6.61 Å². The van der Waals surface area contributed by atoms with Crippen molar-refractivity contribution in [1.29, 1.82) is 0 Å². The van der Waals surface area contributed by atoms with Gasteiger partial charge in [0, 0.05) is 37.0 Å². The van der Waals surface area contributed by atoms with E-state index in [-0.39, 0.29) is 41.2 Å². The van der Waals surface area contributed by atoms with E-state index in [0.29, 0.717) is 13.1 Å². The first kappa shape index (κ1) is 14.9. The zero-order valence-corrected chi connectivity index (χ0v) is 12.2. The Bertz CT molecular complexity index is 615. The Balaban J connectivity index is 1.43. The third-order valence-corrected chi connectivity index (χ3v) is 4.36. The lowest BCUT2D eigenvalue weighted by atomic mass is 10.3. The summed E-state index contributed by atoms with van der Waals surface area (Å²) in [5.74, 6) is -0.312. The summed E-state index contributed by atoms with van der Waals surface area (Å²) in [4.78, 5) is 23.9. The van der Waals surface area contributed by atoms with E-state index >= 15 is 0 Å². The minimum Gasteiger partial charge on any atom is -0.484 e. The molecule has 0 aromatic heterocycles. The molecule has 118 valence electrons. The van der Waals surface area contributed by atoms with Crippen LogP contribution in [0.25, 0.3) is 0 Å². The van der Waals surface area contributed by atoms with E-state index in [1.165, 1.54) is 17.0 Å². The highest BCUT2D eigenvalue weighted by molar-refractivity contribution is 6.30. The van der Waals surface area contributed by atoms with Crippen molar-refractivity contribution in [2.45, 2.75) is 6.04 Å². The first-order valence-electron chi connectivity index (χ1n) is 6.81. The van der Waals surface area contributed by atoms with Crippen molar-refractivity contribution < 1.29 is 23.8 Å². The van der Waals surface area contributed by atoms with Crippen molar-refractivity contribution in [3.63, 3.8) is 0 Å². The molecule has 1 aliphatic carbocycles. The summed E-state index contributed by atoms with van der Waals surface area (Å²) in [6.45, 7) is 0.683. The second-order valence-corrected chi connectivity index (χ2v) is 5.88. The van der Waals surface area contributed by atoms with Gasteiger partial charge in [-0.2, -0.15) is 0 Å². The molecule has 1 aromatic carbocycles. The van der Waals surface area contributed by atoms with E-state index in [1.807, 2.05) is 0 Å². The quantitative estimate of drug-likeness (QED) is 0.879. The van der Waals surface area contributed by atoms with Crippen LogP contribution in [0.5, 0.6) is 5.75 Å². The number of ether oxygens (including phenoxy) is 1. The summed E-state index contributed by atoms with van der Waals surface area (Å²) in [6.07, 6.45) is -0.926. The lowest BCUT2D eigenvalue weighted by Gasteiger charge is -2.16. The van der Waals surface area contributed by atoms with Crippen LogP contribution in [0, 0.1) is 17.7 Å². The Hall–Kier alpha value is -2.02. The molecule has 0 bridgehead atoms. The predicted octanol–water partition coefficient (Wildman–Crippen LogP) is 1.58. The van der Waals surface area contributed by atoms with Gasteiger partial charge < -0.3 is 20.1 Å². The maximum absolute atomic E-state index is 13.2. The maximum Gasteiger partial charge on any atom is 0.407 e. The largest absolute Gasteiger partial charge is 0.484 e. The fraction of sp³-hybridized carbons (Fsp3) is 0.429. The molecule has 1 aromatic rings. The number of carbonyl (C=O) groups excluding carboxylic acids is 1. The summed E-state index contributed by atoms with van der Waals surface area (Å²) in [5, 5.41) is 11.7. The van der Waals surface area contributed by atoms with Gasteiger partial charge >= 0.3 is 6.09 Å². The van der Waals surface area contributed by atoms with E-state index in [4.69, 9.17) is 21.4 Å². The molecule has 6 nitrogen and oxygen atoms in total. The van der Waals surface area contributed by atoms with Crippen molar-refractivity contribution in [2.75, 3.05) is 19.7 Å². The minimum absolute atomic E-state index is 0.00801. The number of likely N-dealkylation sites (tertiary alicyclic amines) is 1. The van der Waals surface area contributed by atoms with Crippen molar-refractivity contribution >= 4 is 23.6 Å². The molecular weight excluding hydrogens is 315 g/mol. The highest BCUT2D eigenvalue weighted by Crippen LogP contribution is 2.45. The predicted molar refractivity (Wildman–Crippen MR) is 75.4 cm³/mol. The van der Waals surface area contributed by atoms with Crippen LogP contribution in [-0.2, 0) is 4.79 Å². The van der Waals surface area contributed by atoms with E-state index in [1.54, 1.807) is 0 Å². The molecule has 1 saturated carbocycles. The van der Waals surface area contributed by atoms with Crippen molar-refractivity contribution in [2.24, 2.45) is 11.8 Å². The number of hydrogen-bond acceptors (Lipinski definition) is 3. The van der Waals surface area contributed by atoms with Crippen molar-refractivity contribution in [1.82, 2.24) is 10.2 Å². The smallest absolute Gasteiger partial charge is 0.407 e. The number of carbonyl (C=O) groups is 2. The molecule has 1 heterocycles. The Morgan fingerprint density at radius 1 is 1.41 bits per heavy atom. The standard InChI is InChI=1S/C14H14ClFN2O4/c15-10-2-1-7(3-11(10)16)22-6-12(19)17-13-8-4-18(14(20)21)5-9(8)13/h1-3,8-9,13H,4-6H2,(H,17,19)(H,20,21)/t8-,9+,13?. The molecule has 0 radical (unpaired) electrons. The number of nitrogens with one attached hydrogen (secondary N) is 1. The van der Waals surface area contributed by atoms with Gasteiger partial charge in [0.2, 0.25) is 0 Å². The SMILES string of the molecule is O=C(COc1ccc(Cl)c(F)c1)NC1[C@H]2CN(C(=O)O)C[C@@H]12. The Morgan fingerprint density at radius 2 is 2.09 bits per heavy atom. The van der Waals surface area contributed by atoms with Crippen LogP contribution in [0.3, 0.4) is 0 Å². The number of hydrogen-bond donors (Lipinski definition) is 2. The summed E-state index contributed by atoms with van der Waals surface area (Å²) in [6, 6.07) is 3.96. The van der Waals surface area contributed by atoms with Gasteiger partial charge in [0.25, 0.3) is 5.91 Å². The molecule has 22 heavy (non-hydrogen) atoms. The zero-order valence-electron chi connectivity index (χ0n) is 11.5. The second-order valence-electron chi connectivity index (χ2n) is 5.47. The van der Waals surface area contributed by atoms with Gasteiger partial charge in [-0.1, -0.05) is 11.6 Å². The fourth-order valence-electron chi connectivity index (χ4n) is 2.84. The Kier molecular flexibility index (Phi) is 3.82. The third kappa shape index (κ3) is 2.94. The maximum atomic E-state index is 13.2. The summed E-state index contributed by atoms with van der Waals surface area (Å²) >= 11 is 5.55. The van der Waals surface area contributed by atoms with Gasteiger partial charge in [-0.05, 0) is 12.1 Å². The normalized spacial score (nSPS) is 25.5. The zero-order chi connectivity index (χ0) is 15.9.